The van der Waals surface area contributed by atoms with Gasteiger partial charge < -0.3 is 10.0 Å². The molecule has 0 radical (unpaired) electrons. The van der Waals surface area contributed by atoms with E-state index in [0.717, 1.165) is 38.9 Å². The number of carbonyl (C=O) groups is 1. The zero-order valence-corrected chi connectivity index (χ0v) is 9.91. The fourth-order valence-corrected chi connectivity index (χ4v) is 2.60. The summed E-state index contributed by atoms with van der Waals surface area (Å²) in [6, 6.07) is 0. The molecule has 0 aliphatic carbocycles. The van der Waals surface area contributed by atoms with E-state index in [4.69, 9.17) is 5.11 Å². The molecule has 88 valence electrons. The van der Waals surface area contributed by atoms with E-state index < -0.39 is 5.97 Å². The molecule has 1 aliphatic rings. The molecule has 1 fully saturated rings. The van der Waals surface area contributed by atoms with Gasteiger partial charge in [-0.15, -0.1) is 0 Å². The van der Waals surface area contributed by atoms with Gasteiger partial charge in [0.15, 0.2) is 0 Å². The van der Waals surface area contributed by atoms with Gasteiger partial charge in [-0.25, -0.2) is 0 Å². The van der Waals surface area contributed by atoms with Crippen LogP contribution in [0.5, 0.6) is 0 Å². The highest BCUT2D eigenvalue weighted by molar-refractivity contribution is 5.70. The van der Waals surface area contributed by atoms with Crippen molar-refractivity contribution in [3.8, 4) is 0 Å². The number of hydrogen-bond donors (Lipinski definition) is 1. The predicted molar refractivity (Wildman–Crippen MR) is 60.9 cm³/mol. The second-order valence-corrected chi connectivity index (χ2v) is 4.53. The summed E-state index contributed by atoms with van der Waals surface area (Å²) in [6.07, 6.45) is 4.09. The van der Waals surface area contributed by atoms with E-state index in [0.29, 0.717) is 5.92 Å². The Morgan fingerprint density at radius 3 is 2.40 bits per heavy atom. The highest BCUT2D eigenvalue weighted by atomic mass is 16.4. The standard InChI is InChI=1S/C12H23NO2/c1-3-7-13-8-5-10(6-9-13)11(4-2)12(14)15/h10-11H,3-9H2,1-2H3,(H,14,15). The van der Waals surface area contributed by atoms with Crippen molar-refractivity contribution in [2.45, 2.75) is 39.5 Å². The number of aliphatic carboxylic acids is 1. The fourth-order valence-electron chi connectivity index (χ4n) is 2.60. The van der Waals surface area contributed by atoms with Gasteiger partial charge in [-0.3, -0.25) is 4.79 Å². The first-order valence-corrected chi connectivity index (χ1v) is 6.14. The quantitative estimate of drug-likeness (QED) is 0.761. The van der Waals surface area contributed by atoms with Crippen LogP contribution in [0.25, 0.3) is 0 Å². The SMILES string of the molecule is CCCN1CCC(C(CC)C(=O)O)CC1. The van der Waals surface area contributed by atoms with E-state index in [1.165, 1.54) is 6.42 Å². The summed E-state index contributed by atoms with van der Waals surface area (Å²) < 4.78 is 0. The van der Waals surface area contributed by atoms with Crippen LogP contribution < -0.4 is 0 Å². The minimum Gasteiger partial charge on any atom is -0.481 e. The van der Waals surface area contributed by atoms with Gasteiger partial charge in [0, 0.05) is 0 Å². The molecule has 15 heavy (non-hydrogen) atoms. The van der Waals surface area contributed by atoms with Crippen LogP contribution in [-0.2, 0) is 4.79 Å². The summed E-state index contributed by atoms with van der Waals surface area (Å²) in [5, 5.41) is 9.08. The molecule has 0 bridgehead atoms. The molecule has 1 unspecified atom stereocenters. The third-order valence-corrected chi connectivity index (χ3v) is 3.50. The van der Waals surface area contributed by atoms with Crippen molar-refractivity contribution in [1.29, 1.82) is 0 Å². The van der Waals surface area contributed by atoms with Gasteiger partial charge in [-0.2, -0.15) is 0 Å². The Bertz CT molecular complexity index is 198. The van der Waals surface area contributed by atoms with E-state index in [-0.39, 0.29) is 5.92 Å². The average molecular weight is 213 g/mol. The lowest BCUT2D eigenvalue weighted by molar-refractivity contribution is -0.144. The Kier molecular flexibility index (Phi) is 5.09. The van der Waals surface area contributed by atoms with Crippen LogP contribution in [-0.4, -0.2) is 35.6 Å². The third-order valence-electron chi connectivity index (χ3n) is 3.50. The predicted octanol–water partition coefficient (Wildman–Crippen LogP) is 2.22. The number of likely N-dealkylation sites (tertiary alicyclic amines) is 1. The van der Waals surface area contributed by atoms with Crippen molar-refractivity contribution in [3.05, 3.63) is 0 Å². The molecule has 1 rings (SSSR count). The molecule has 0 saturated carbocycles. The van der Waals surface area contributed by atoms with Crippen molar-refractivity contribution < 1.29 is 9.90 Å². The topological polar surface area (TPSA) is 40.5 Å². The second kappa shape index (κ2) is 6.11. The van der Waals surface area contributed by atoms with Gasteiger partial charge in [0.1, 0.15) is 0 Å². The van der Waals surface area contributed by atoms with Crippen LogP contribution in [0, 0.1) is 11.8 Å². The van der Waals surface area contributed by atoms with E-state index in [9.17, 15) is 4.79 Å². The van der Waals surface area contributed by atoms with Crippen LogP contribution in [0.3, 0.4) is 0 Å². The van der Waals surface area contributed by atoms with E-state index >= 15 is 0 Å². The summed E-state index contributed by atoms with van der Waals surface area (Å²) >= 11 is 0. The van der Waals surface area contributed by atoms with Crippen LogP contribution in [0.4, 0.5) is 0 Å². The van der Waals surface area contributed by atoms with Gasteiger partial charge in [-0.05, 0) is 51.2 Å². The Labute approximate surface area is 92.5 Å². The fraction of sp³-hybridized carbons (Fsp3) is 0.917. The molecule has 1 saturated heterocycles. The second-order valence-electron chi connectivity index (χ2n) is 4.53. The number of carboxylic acid groups (broad SMARTS) is 1. The van der Waals surface area contributed by atoms with E-state index in [1.54, 1.807) is 0 Å². The molecule has 0 amide bonds. The number of nitrogens with zero attached hydrogens (tertiary/aromatic N) is 1. The summed E-state index contributed by atoms with van der Waals surface area (Å²) in [7, 11) is 0. The Morgan fingerprint density at radius 1 is 1.40 bits per heavy atom. The summed E-state index contributed by atoms with van der Waals surface area (Å²) in [4.78, 5) is 13.5. The highest BCUT2D eigenvalue weighted by Gasteiger charge is 2.29. The number of rotatable bonds is 5. The first kappa shape index (κ1) is 12.5. The van der Waals surface area contributed by atoms with Crippen LogP contribution in [0.2, 0.25) is 0 Å². The monoisotopic (exact) mass is 213 g/mol. The molecule has 1 atom stereocenters. The number of carboxylic acids is 1. The Hall–Kier alpha value is -0.570. The van der Waals surface area contributed by atoms with Crippen molar-refractivity contribution >= 4 is 5.97 Å². The van der Waals surface area contributed by atoms with Crippen LogP contribution >= 0.6 is 0 Å². The van der Waals surface area contributed by atoms with Gasteiger partial charge in [-0.1, -0.05) is 13.8 Å². The van der Waals surface area contributed by atoms with Gasteiger partial charge >= 0.3 is 5.97 Å². The molecule has 3 heteroatoms. The maximum Gasteiger partial charge on any atom is 0.306 e. The summed E-state index contributed by atoms with van der Waals surface area (Å²) in [6.45, 7) is 7.51. The van der Waals surface area contributed by atoms with Gasteiger partial charge in [0.25, 0.3) is 0 Å². The molecular formula is C12H23NO2. The molecule has 0 spiro atoms. The van der Waals surface area contributed by atoms with Crippen LogP contribution in [0.1, 0.15) is 39.5 Å². The highest BCUT2D eigenvalue weighted by Crippen LogP contribution is 2.27. The van der Waals surface area contributed by atoms with Crippen molar-refractivity contribution in [1.82, 2.24) is 4.90 Å². The lowest BCUT2D eigenvalue weighted by Crippen LogP contribution is -2.38. The van der Waals surface area contributed by atoms with Crippen LogP contribution in [0.15, 0.2) is 0 Å². The minimum atomic E-state index is -0.605. The molecule has 0 aromatic rings. The maximum absolute atomic E-state index is 11.0. The van der Waals surface area contributed by atoms with Crippen molar-refractivity contribution in [2.75, 3.05) is 19.6 Å². The smallest absolute Gasteiger partial charge is 0.306 e. The third kappa shape index (κ3) is 3.49. The summed E-state index contributed by atoms with van der Waals surface area (Å²) in [5.74, 6) is -0.319. The maximum atomic E-state index is 11.0. The van der Waals surface area contributed by atoms with Crippen molar-refractivity contribution in [3.63, 3.8) is 0 Å². The van der Waals surface area contributed by atoms with Crippen molar-refractivity contribution in [2.24, 2.45) is 11.8 Å². The molecular weight excluding hydrogens is 190 g/mol. The van der Waals surface area contributed by atoms with E-state index in [2.05, 4.69) is 11.8 Å². The first-order chi connectivity index (χ1) is 7.19. The first-order valence-electron chi connectivity index (χ1n) is 6.14. The lowest BCUT2D eigenvalue weighted by atomic mass is 9.83. The average Bonchev–Trinajstić information content (AvgIpc) is 2.21. The molecule has 3 nitrogen and oxygen atoms in total. The van der Waals surface area contributed by atoms with Gasteiger partial charge in [0.2, 0.25) is 0 Å². The van der Waals surface area contributed by atoms with E-state index in [1.807, 2.05) is 6.92 Å². The zero-order valence-electron chi connectivity index (χ0n) is 9.91. The van der Waals surface area contributed by atoms with Gasteiger partial charge in [0.05, 0.1) is 5.92 Å². The number of hydrogen-bond acceptors (Lipinski definition) is 2. The normalized spacial score (nSPS) is 21.5. The molecule has 1 aliphatic heterocycles. The molecule has 1 heterocycles. The molecule has 0 aromatic carbocycles. The Morgan fingerprint density at radius 2 is 2.00 bits per heavy atom. The largest absolute Gasteiger partial charge is 0.481 e. The summed E-state index contributed by atoms with van der Waals surface area (Å²) in [5.41, 5.74) is 0. The Balaban J connectivity index is 2.38. The minimum absolute atomic E-state index is 0.117. The number of piperidine rings is 1. The molecule has 1 N–H and O–H groups in total. The molecule has 0 aromatic heterocycles. The lowest BCUT2D eigenvalue weighted by Gasteiger charge is -2.34. The zero-order chi connectivity index (χ0) is 11.3.